The highest BCUT2D eigenvalue weighted by Gasteiger charge is 2.09. The second kappa shape index (κ2) is 4.17. The summed E-state index contributed by atoms with van der Waals surface area (Å²) in [6, 6.07) is 3.06. The molecule has 2 aromatic heterocycles. The topological polar surface area (TPSA) is 85.1 Å². The number of carboxylic acids is 1. The summed E-state index contributed by atoms with van der Waals surface area (Å²) >= 11 is 0. The van der Waals surface area contributed by atoms with Gasteiger partial charge in [0.25, 0.3) is 0 Å². The molecule has 0 radical (unpaired) electrons. The van der Waals surface area contributed by atoms with Gasteiger partial charge in [0.15, 0.2) is 6.29 Å². The van der Waals surface area contributed by atoms with Crippen LogP contribution in [0.5, 0.6) is 0 Å². The first-order valence-corrected chi connectivity index (χ1v) is 4.82. The van der Waals surface area contributed by atoms with Crippen LogP contribution in [0.4, 0.5) is 0 Å². The van der Waals surface area contributed by atoms with E-state index >= 15 is 0 Å². The zero-order chi connectivity index (χ0) is 12.4. The fraction of sp³-hybridized carbons (Fsp3) is 0.0909. The van der Waals surface area contributed by atoms with Crippen molar-refractivity contribution in [3.63, 3.8) is 0 Å². The molecule has 0 saturated carbocycles. The fourth-order valence-corrected chi connectivity index (χ4v) is 1.48. The summed E-state index contributed by atoms with van der Waals surface area (Å²) < 4.78 is 1.48. The molecular weight excluding hydrogens is 222 g/mol. The Morgan fingerprint density at radius 2 is 2.18 bits per heavy atom. The molecule has 0 spiro atoms. The molecule has 2 aromatic rings. The summed E-state index contributed by atoms with van der Waals surface area (Å²) in [5.41, 5.74) is 1.61. The number of aromatic carboxylic acids is 1. The Hall–Kier alpha value is -2.50. The van der Waals surface area contributed by atoms with Crippen molar-refractivity contribution < 1.29 is 14.7 Å². The normalized spacial score (nSPS) is 10.2. The van der Waals surface area contributed by atoms with Crippen molar-refractivity contribution in [2.45, 2.75) is 6.92 Å². The molecule has 0 aliphatic carbocycles. The number of aldehydes is 1. The number of carboxylic acid groups (broad SMARTS) is 1. The third kappa shape index (κ3) is 2.05. The van der Waals surface area contributed by atoms with E-state index < -0.39 is 5.97 Å². The Balaban J connectivity index is 2.52. The van der Waals surface area contributed by atoms with Gasteiger partial charge in [-0.3, -0.25) is 9.78 Å². The maximum Gasteiger partial charge on any atom is 0.337 e. The number of aromatic nitrogens is 3. The van der Waals surface area contributed by atoms with Gasteiger partial charge < -0.3 is 5.11 Å². The molecule has 0 saturated heterocycles. The molecule has 17 heavy (non-hydrogen) atoms. The molecule has 2 rings (SSSR count). The number of pyridine rings is 1. The number of carbonyl (C=O) groups excluding carboxylic acids is 1. The highest BCUT2D eigenvalue weighted by atomic mass is 16.4. The number of hydrogen-bond donors (Lipinski definition) is 1. The van der Waals surface area contributed by atoms with Crippen LogP contribution in [0.15, 0.2) is 24.5 Å². The largest absolute Gasteiger partial charge is 0.478 e. The average molecular weight is 231 g/mol. The molecule has 6 heteroatoms. The quantitative estimate of drug-likeness (QED) is 0.799. The third-order valence-electron chi connectivity index (χ3n) is 2.24. The molecule has 0 aliphatic rings. The molecule has 0 unspecified atom stereocenters. The molecule has 0 aromatic carbocycles. The zero-order valence-corrected chi connectivity index (χ0v) is 8.99. The van der Waals surface area contributed by atoms with Crippen LogP contribution in [0.25, 0.3) is 5.69 Å². The minimum atomic E-state index is -1.06. The van der Waals surface area contributed by atoms with E-state index in [9.17, 15) is 9.59 Å². The monoisotopic (exact) mass is 231 g/mol. The van der Waals surface area contributed by atoms with Crippen LogP contribution in [0.1, 0.15) is 26.5 Å². The van der Waals surface area contributed by atoms with E-state index in [1.165, 1.54) is 23.1 Å². The smallest absolute Gasteiger partial charge is 0.337 e. The van der Waals surface area contributed by atoms with Crippen molar-refractivity contribution in [3.05, 3.63) is 41.5 Å². The number of aryl methyl sites for hydroxylation is 1. The van der Waals surface area contributed by atoms with Crippen LogP contribution >= 0.6 is 0 Å². The van der Waals surface area contributed by atoms with Crippen molar-refractivity contribution in [2.24, 2.45) is 0 Å². The number of carbonyl (C=O) groups is 2. The maximum absolute atomic E-state index is 10.8. The highest BCUT2D eigenvalue weighted by molar-refractivity contribution is 5.87. The second-order valence-corrected chi connectivity index (χ2v) is 3.48. The number of rotatable bonds is 3. The van der Waals surface area contributed by atoms with E-state index in [0.29, 0.717) is 17.7 Å². The minimum absolute atomic E-state index is 0.0741. The molecule has 86 valence electrons. The molecular formula is C11H9N3O3. The van der Waals surface area contributed by atoms with Crippen LogP contribution in [0, 0.1) is 6.92 Å². The standard InChI is InChI=1S/C11H9N3O3/c1-7-2-9(6-15)13-14(7)10-3-8(11(16)17)4-12-5-10/h2-6H,1H3,(H,16,17). The number of nitrogens with zero attached hydrogens (tertiary/aromatic N) is 3. The minimum Gasteiger partial charge on any atom is -0.478 e. The summed E-state index contributed by atoms with van der Waals surface area (Å²) in [4.78, 5) is 25.2. The lowest BCUT2D eigenvalue weighted by Crippen LogP contribution is -2.04. The zero-order valence-electron chi connectivity index (χ0n) is 8.99. The first kappa shape index (κ1) is 11.0. The van der Waals surface area contributed by atoms with Gasteiger partial charge in [0.1, 0.15) is 5.69 Å². The predicted molar refractivity (Wildman–Crippen MR) is 58.4 cm³/mol. The van der Waals surface area contributed by atoms with Crippen LogP contribution in [-0.2, 0) is 0 Å². The first-order chi connectivity index (χ1) is 8.11. The van der Waals surface area contributed by atoms with E-state index in [-0.39, 0.29) is 5.56 Å². The van der Waals surface area contributed by atoms with Crippen LogP contribution in [-0.4, -0.2) is 32.1 Å². The molecule has 1 N–H and O–H groups in total. The summed E-state index contributed by atoms with van der Waals surface area (Å²) in [6.45, 7) is 1.77. The van der Waals surface area contributed by atoms with Crippen molar-refractivity contribution in [2.75, 3.05) is 0 Å². The molecule has 0 bridgehead atoms. The lowest BCUT2D eigenvalue weighted by molar-refractivity contribution is 0.0696. The van der Waals surface area contributed by atoms with Crippen molar-refractivity contribution in [1.82, 2.24) is 14.8 Å². The Bertz CT molecular complexity index is 589. The summed E-state index contributed by atoms with van der Waals surface area (Å²) in [6.07, 6.45) is 3.38. The fourth-order valence-electron chi connectivity index (χ4n) is 1.48. The molecule has 0 fully saturated rings. The van der Waals surface area contributed by atoms with E-state index in [4.69, 9.17) is 5.11 Å². The molecule has 6 nitrogen and oxygen atoms in total. The van der Waals surface area contributed by atoms with Crippen LogP contribution < -0.4 is 0 Å². The summed E-state index contributed by atoms with van der Waals surface area (Å²) in [5, 5.41) is 12.9. The van der Waals surface area contributed by atoms with Gasteiger partial charge in [-0.1, -0.05) is 0 Å². The summed E-state index contributed by atoms with van der Waals surface area (Å²) in [5.74, 6) is -1.06. The molecule has 0 amide bonds. The van der Waals surface area contributed by atoms with Gasteiger partial charge in [-0.15, -0.1) is 0 Å². The molecule has 0 atom stereocenters. The predicted octanol–water partition coefficient (Wildman–Crippen LogP) is 1.09. The van der Waals surface area contributed by atoms with Crippen LogP contribution in [0.3, 0.4) is 0 Å². The Morgan fingerprint density at radius 1 is 1.41 bits per heavy atom. The molecule has 0 aliphatic heterocycles. The summed E-state index contributed by atoms with van der Waals surface area (Å²) in [7, 11) is 0. The SMILES string of the molecule is Cc1cc(C=O)nn1-c1cncc(C(=O)O)c1. The van der Waals surface area contributed by atoms with Crippen LogP contribution in [0.2, 0.25) is 0 Å². The van der Waals surface area contributed by atoms with Gasteiger partial charge >= 0.3 is 5.97 Å². The van der Waals surface area contributed by atoms with E-state index in [2.05, 4.69) is 10.1 Å². The highest BCUT2D eigenvalue weighted by Crippen LogP contribution is 2.12. The van der Waals surface area contributed by atoms with E-state index in [1.54, 1.807) is 13.0 Å². The Morgan fingerprint density at radius 3 is 2.76 bits per heavy atom. The maximum atomic E-state index is 10.8. The Labute approximate surface area is 96.5 Å². The third-order valence-corrected chi connectivity index (χ3v) is 2.24. The molecule has 2 heterocycles. The van der Waals surface area contributed by atoms with Crippen molar-refractivity contribution in [3.8, 4) is 5.69 Å². The van der Waals surface area contributed by atoms with Gasteiger partial charge in [-0.25, -0.2) is 9.48 Å². The van der Waals surface area contributed by atoms with Gasteiger partial charge in [0, 0.05) is 11.9 Å². The second-order valence-electron chi connectivity index (χ2n) is 3.48. The lowest BCUT2D eigenvalue weighted by atomic mass is 10.2. The Kier molecular flexibility index (Phi) is 2.70. The average Bonchev–Trinajstić information content (AvgIpc) is 2.71. The van der Waals surface area contributed by atoms with Gasteiger partial charge in [0.05, 0.1) is 17.4 Å². The van der Waals surface area contributed by atoms with Crippen molar-refractivity contribution >= 4 is 12.3 Å². The van der Waals surface area contributed by atoms with Gasteiger partial charge in [-0.05, 0) is 19.1 Å². The lowest BCUT2D eigenvalue weighted by Gasteiger charge is -2.04. The van der Waals surface area contributed by atoms with Gasteiger partial charge in [-0.2, -0.15) is 5.10 Å². The van der Waals surface area contributed by atoms with Gasteiger partial charge in [0.2, 0.25) is 0 Å². The van der Waals surface area contributed by atoms with E-state index in [0.717, 1.165) is 5.69 Å². The number of hydrogen-bond acceptors (Lipinski definition) is 4. The van der Waals surface area contributed by atoms with Crippen molar-refractivity contribution in [1.29, 1.82) is 0 Å². The first-order valence-electron chi connectivity index (χ1n) is 4.82. The van der Waals surface area contributed by atoms with E-state index in [1.807, 2.05) is 0 Å².